The smallest absolute Gasteiger partial charge is 0.107 e. The molecular weight excluding hydrogens is 250 g/mol. The molecule has 0 atom stereocenters. The number of aromatic nitrogens is 1. The van der Waals surface area contributed by atoms with Gasteiger partial charge in [-0.25, -0.2) is 4.98 Å². The molecule has 2 heterocycles. The van der Waals surface area contributed by atoms with Crippen LogP contribution in [0.3, 0.4) is 0 Å². The summed E-state index contributed by atoms with van der Waals surface area (Å²) in [5.74, 6) is 1.22. The highest BCUT2D eigenvalue weighted by atomic mass is 32.2. The monoisotopic (exact) mass is 271 g/mol. The molecule has 1 aliphatic heterocycles. The zero-order valence-corrected chi connectivity index (χ0v) is 12.0. The highest BCUT2D eigenvalue weighted by Crippen LogP contribution is 2.19. The van der Waals surface area contributed by atoms with Gasteiger partial charge in [-0.15, -0.1) is 11.3 Å². The summed E-state index contributed by atoms with van der Waals surface area (Å²) in [7, 11) is 0. The number of aryl methyl sites for hydroxylation is 1. The zero-order valence-electron chi connectivity index (χ0n) is 10.4. The molecule has 5 heteroatoms. The minimum atomic E-state index is 0.875. The second kappa shape index (κ2) is 7.36. The molecule has 1 aromatic heterocycles. The maximum Gasteiger partial charge on any atom is 0.107 e. The lowest BCUT2D eigenvalue weighted by Crippen LogP contribution is -2.30. The Kier molecular flexibility index (Phi) is 5.77. The van der Waals surface area contributed by atoms with Crippen molar-refractivity contribution < 1.29 is 0 Å². The van der Waals surface area contributed by atoms with E-state index in [1.807, 2.05) is 6.92 Å². The number of hydrogen-bond acceptors (Lipinski definition) is 5. The van der Waals surface area contributed by atoms with Gasteiger partial charge < -0.3 is 10.6 Å². The second-order valence-corrected chi connectivity index (χ2v) is 6.73. The lowest BCUT2D eigenvalue weighted by Gasteiger charge is -2.21. The van der Waals surface area contributed by atoms with E-state index in [1.165, 1.54) is 36.7 Å². The van der Waals surface area contributed by atoms with Crippen LogP contribution in [-0.2, 0) is 6.54 Å². The molecule has 1 saturated heterocycles. The number of hydrogen-bond donors (Lipinski definition) is 2. The van der Waals surface area contributed by atoms with Crippen LogP contribution in [0.25, 0.3) is 0 Å². The molecular formula is C12H21N3S2. The predicted octanol–water partition coefficient (Wildman–Crippen LogP) is 2.03. The van der Waals surface area contributed by atoms with Crippen molar-refractivity contribution in [3.05, 3.63) is 16.1 Å². The average molecular weight is 271 g/mol. The first kappa shape index (κ1) is 13.3. The molecule has 0 aromatic carbocycles. The molecule has 0 spiro atoms. The fourth-order valence-electron chi connectivity index (χ4n) is 1.94. The van der Waals surface area contributed by atoms with Gasteiger partial charge in [0.15, 0.2) is 0 Å². The van der Waals surface area contributed by atoms with Gasteiger partial charge in [-0.2, -0.15) is 11.8 Å². The number of rotatable bonds is 6. The summed E-state index contributed by atoms with van der Waals surface area (Å²) >= 11 is 3.87. The van der Waals surface area contributed by atoms with Crippen molar-refractivity contribution in [3.63, 3.8) is 0 Å². The summed E-state index contributed by atoms with van der Waals surface area (Å²) in [6.45, 7) is 6.46. The molecule has 1 aliphatic rings. The van der Waals surface area contributed by atoms with Crippen molar-refractivity contribution in [2.45, 2.75) is 31.6 Å². The third kappa shape index (κ3) is 4.95. The molecule has 96 valence electrons. The van der Waals surface area contributed by atoms with Gasteiger partial charge in [0.2, 0.25) is 0 Å². The van der Waals surface area contributed by atoms with Crippen molar-refractivity contribution in [1.29, 1.82) is 0 Å². The minimum Gasteiger partial charge on any atom is -0.317 e. The quantitative estimate of drug-likeness (QED) is 0.776. The van der Waals surface area contributed by atoms with E-state index in [4.69, 9.17) is 0 Å². The van der Waals surface area contributed by atoms with E-state index < -0.39 is 0 Å². The van der Waals surface area contributed by atoms with Gasteiger partial charge in [0.05, 0.1) is 0 Å². The highest BCUT2D eigenvalue weighted by molar-refractivity contribution is 7.99. The Morgan fingerprint density at radius 1 is 1.53 bits per heavy atom. The second-order valence-electron chi connectivity index (χ2n) is 4.38. The Labute approximate surface area is 112 Å². The van der Waals surface area contributed by atoms with E-state index in [-0.39, 0.29) is 0 Å². The van der Waals surface area contributed by atoms with Crippen molar-refractivity contribution in [2.24, 2.45) is 0 Å². The van der Waals surface area contributed by atoms with Crippen molar-refractivity contribution in [2.75, 3.05) is 25.4 Å². The van der Waals surface area contributed by atoms with E-state index in [2.05, 4.69) is 32.8 Å². The Morgan fingerprint density at radius 2 is 2.35 bits per heavy atom. The molecule has 1 aromatic rings. The van der Waals surface area contributed by atoms with E-state index in [0.717, 1.165) is 24.0 Å². The lowest BCUT2D eigenvalue weighted by atomic mass is 10.2. The van der Waals surface area contributed by atoms with Gasteiger partial charge in [0.1, 0.15) is 5.01 Å². The number of piperidine rings is 1. The standard InChI is InChI=1S/C12H21N3S2/c1-10-9-17-12(15-10)8-14-6-7-16-11-2-4-13-5-3-11/h9,11,13-14H,2-8H2,1H3. The predicted molar refractivity (Wildman–Crippen MR) is 76.9 cm³/mol. The Bertz CT molecular complexity index is 321. The summed E-state index contributed by atoms with van der Waals surface area (Å²) in [4.78, 5) is 4.44. The highest BCUT2D eigenvalue weighted by Gasteiger charge is 2.12. The van der Waals surface area contributed by atoms with Crippen LogP contribution in [0.15, 0.2) is 5.38 Å². The third-order valence-electron chi connectivity index (χ3n) is 2.86. The molecule has 0 amide bonds. The van der Waals surface area contributed by atoms with Gasteiger partial charge in [0.25, 0.3) is 0 Å². The molecule has 2 N–H and O–H groups in total. The minimum absolute atomic E-state index is 0.875. The van der Waals surface area contributed by atoms with Crippen LogP contribution in [0.5, 0.6) is 0 Å². The van der Waals surface area contributed by atoms with E-state index in [9.17, 15) is 0 Å². The number of nitrogens with zero attached hydrogens (tertiary/aromatic N) is 1. The topological polar surface area (TPSA) is 37.0 Å². The van der Waals surface area contributed by atoms with E-state index in [0.29, 0.717) is 0 Å². The molecule has 0 bridgehead atoms. The maximum atomic E-state index is 4.44. The van der Waals surface area contributed by atoms with E-state index in [1.54, 1.807) is 11.3 Å². The van der Waals surface area contributed by atoms with E-state index >= 15 is 0 Å². The van der Waals surface area contributed by atoms with Crippen molar-refractivity contribution >= 4 is 23.1 Å². The average Bonchev–Trinajstić information content (AvgIpc) is 2.76. The Balaban J connectivity index is 1.51. The number of nitrogens with one attached hydrogen (secondary N) is 2. The molecule has 2 rings (SSSR count). The summed E-state index contributed by atoms with van der Waals surface area (Å²) in [6.07, 6.45) is 2.66. The third-order valence-corrected chi connectivity index (χ3v) is 5.21. The van der Waals surface area contributed by atoms with Crippen molar-refractivity contribution in [3.8, 4) is 0 Å². The lowest BCUT2D eigenvalue weighted by molar-refractivity contribution is 0.531. The molecule has 0 saturated carbocycles. The molecule has 0 radical (unpaired) electrons. The van der Waals surface area contributed by atoms with Gasteiger partial charge >= 0.3 is 0 Å². The Hall–Kier alpha value is -0.100. The molecule has 0 unspecified atom stereocenters. The number of thioether (sulfide) groups is 1. The molecule has 17 heavy (non-hydrogen) atoms. The molecule has 0 aliphatic carbocycles. The normalized spacial score (nSPS) is 17.5. The van der Waals surface area contributed by atoms with Gasteiger partial charge in [0, 0.05) is 35.2 Å². The summed E-state index contributed by atoms with van der Waals surface area (Å²) in [5, 5.41) is 11.1. The molecule has 1 fully saturated rings. The summed E-state index contributed by atoms with van der Waals surface area (Å²) in [6, 6.07) is 0. The largest absolute Gasteiger partial charge is 0.317 e. The zero-order chi connectivity index (χ0) is 11.9. The Morgan fingerprint density at radius 3 is 3.06 bits per heavy atom. The number of thiazole rings is 1. The van der Waals surface area contributed by atoms with Crippen molar-refractivity contribution in [1.82, 2.24) is 15.6 Å². The van der Waals surface area contributed by atoms with Crippen LogP contribution in [0.4, 0.5) is 0 Å². The SMILES string of the molecule is Cc1csc(CNCCSC2CCNCC2)n1. The van der Waals surface area contributed by atoms with Crippen LogP contribution in [-0.4, -0.2) is 35.6 Å². The van der Waals surface area contributed by atoms with Crippen LogP contribution in [0, 0.1) is 6.92 Å². The first-order valence-electron chi connectivity index (χ1n) is 6.28. The van der Waals surface area contributed by atoms with Crippen LogP contribution in [0.2, 0.25) is 0 Å². The maximum absolute atomic E-state index is 4.44. The fourth-order valence-corrected chi connectivity index (χ4v) is 3.85. The van der Waals surface area contributed by atoms with Gasteiger partial charge in [-0.3, -0.25) is 0 Å². The summed E-state index contributed by atoms with van der Waals surface area (Å²) in [5.41, 5.74) is 1.14. The first-order valence-corrected chi connectivity index (χ1v) is 8.21. The van der Waals surface area contributed by atoms with Gasteiger partial charge in [-0.1, -0.05) is 0 Å². The van der Waals surface area contributed by atoms with Crippen LogP contribution >= 0.6 is 23.1 Å². The van der Waals surface area contributed by atoms with Crippen LogP contribution in [0.1, 0.15) is 23.5 Å². The summed E-state index contributed by atoms with van der Waals surface area (Å²) < 4.78 is 0. The first-order chi connectivity index (χ1) is 8.34. The fraction of sp³-hybridized carbons (Fsp3) is 0.750. The van der Waals surface area contributed by atoms with Gasteiger partial charge in [-0.05, 0) is 32.9 Å². The van der Waals surface area contributed by atoms with Crippen LogP contribution < -0.4 is 10.6 Å². The molecule has 3 nitrogen and oxygen atoms in total.